The lowest BCUT2D eigenvalue weighted by molar-refractivity contribution is 0.459. The molecule has 4 rings (SSSR count). The Bertz CT molecular complexity index is 1240. The number of benzene rings is 2. The van der Waals surface area contributed by atoms with Gasteiger partial charge in [0.25, 0.3) is 0 Å². The summed E-state index contributed by atoms with van der Waals surface area (Å²) < 4.78 is 57.4. The fourth-order valence-electron chi connectivity index (χ4n) is 4.32. The van der Waals surface area contributed by atoms with Crippen molar-refractivity contribution in [3.05, 3.63) is 53.6 Å². The molecule has 0 radical (unpaired) electrons. The van der Waals surface area contributed by atoms with Gasteiger partial charge in [-0.1, -0.05) is 50.1 Å². The third-order valence-electron chi connectivity index (χ3n) is 6.24. The Kier molecular flexibility index (Phi) is 7.40. The van der Waals surface area contributed by atoms with Crippen molar-refractivity contribution in [3.8, 4) is 0 Å². The number of nitrogens with zero attached hydrogens (tertiary/aromatic N) is 3. The zero-order valence-electron chi connectivity index (χ0n) is 18.9. The van der Waals surface area contributed by atoms with E-state index in [1.165, 1.54) is 22.1 Å². The van der Waals surface area contributed by atoms with Gasteiger partial charge in [0.15, 0.2) is 16.8 Å². The number of imidazole rings is 1. The van der Waals surface area contributed by atoms with Gasteiger partial charge in [-0.3, -0.25) is 0 Å². The van der Waals surface area contributed by atoms with Gasteiger partial charge in [0.05, 0.1) is 15.9 Å². The van der Waals surface area contributed by atoms with Gasteiger partial charge in [0, 0.05) is 31.0 Å². The lowest BCUT2D eigenvalue weighted by Crippen LogP contribution is -2.27. The summed E-state index contributed by atoms with van der Waals surface area (Å²) >= 11 is 1.35. The van der Waals surface area contributed by atoms with Crippen molar-refractivity contribution in [1.29, 1.82) is 0 Å². The second kappa shape index (κ2) is 10.1. The predicted molar refractivity (Wildman–Crippen MR) is 128 cm³/mol. The van der Waals surface area contributed by atoms with E-state index in [1.54, 1.807) is 25.2 Å². The summed E-state index contributed by atoms with van der Waals surface area (Å²) in [6, 6.07) is 9.56. The highest BCUT2D eigenvalue weighted by atomic mass is 32.2. The molecule has 1 fully saturated rings. The van der Waals surface area contributed by atoms with Gasteiger partial charge in [0.2, 0.25) is 10.0 Å². The maximum atomic E-state index is 14.2. The summed E-state index contributed by atoms with van der Waals surface area (Å²) in [6.07, 6.45) is 6.01. The minimum Gasteiger partial charge on any atom is -0.316 e. The first kappa shape index (κ1) is 24.2. The molecule has 0 amide bonds. The molecule has 0 unspecified atom stereocenters. The highest BCUT2D eigenvalue weighted by molar-refractivity contribution is 7.98. The largest absolute Gasteiger partial charge is 0.316 e. The Labute approximate surface area is 198 Å². The molecule has 1 aromatic heterocycles. The van der Waals surface area contributed by atoms with E-state index in [2.05, 4.69) is 4.57 Å². The van der Waals surface area contributed by atoms with Crippen LogP contribution >= 0.6 is 11.8 Å². The zero-order valence-corrected chi connectivity index (χ0v) is 20.6. The van der Waals surface area contributed by atoms with E-state index in [-0.39, 0.29) is 22.3 Å². The van der Waals surface area contributed by atoms with Gasteiger partial charge in [-0.25, -0.2) is 26.5 Å². The van der Waals surface area contributed by atoms with Crippen LogP contribution in [0.2, 0.25) is 0 Å². The van der Waals surface area contributed by atoms with E-state index in [1.807, 2.05) is 13.0 Å². The van der Waals surface area contributed by atoms with E-state index < -0.39 is 21.7 Å². The summed E-state index contributed by atoms with van der Waals surface area (Å²) in [6.45, 7) is 2.49. The highest BCUT2D eigenvalue weighted by Crippen LogP contribution is 2.38. The fraction of sp³-hybridized carbons (Fsp3) is 0.458. The molecule has 1 heterocycles. The number of thioether (sulfide) groups is 1. The van der Waals surface area contributed by atoms with E-state index in [9.17, 15) is 17.2 Å². The number of unbranched alkanes of at least 4 members (excludes halogenated alkanes) is 1. The van der Waals surface area contributed by atoms with Gasteiger partial charge in [0.1, 0.15) is 0 Å². The second-order valence-electron chi connectivity index (χ2n) is 8.53. The number of sulfonamides is 1. The van der Waals surface area contributed by atoms with E-state index >= 15 is 0 Å². The van der Waals surface area contributed by atoms with Crippen molar-refractivity contribution in [2.24, 2.45) is 0 Å². The summed E-state index contributed by atoms with van der Waals surface area (Å²) in [5.41, 5.74) is 1.76. The van der Waals surface area contributed by atoms with Crippen LogP contribution in [-0.4, -0.2) is 35.9 Å². The minimum absolute atomic E-state index is 0.220. The number of fused-ring (bicyclic) bond motifs is 1. The molecule has 0 atom stereocenters. The van der Waals surface area contributed by atoms with Crippen molar-refractivity contribution in [2.75, 3.05) is 13.6 Å². The van der Waals surface area contributed by atoms with Crippen LogP contribution in [0.4, 0.5) is 8.78 Å². The normalized spacial score (nSPS) is 15.2. The average Bonchev–Trinajstić information content (AvgIpc) is 3.45. The Hall–Kier alpha value is -1.97. The van der Waals surface area contributed by atoms with Crippen LogP contribution in [0.25, 0.3) is 11.0 Å². The highest BCUT2D eigenvalue weighted by Gasteiger charge is 2.26. The molecule has 178 valence electrons. The van der Waals surface area contributed by atoms with Crippen molar-refractivity contribution >= 4 is 32.8 Å². The molecule has 1 aliphatic carbocycles. The second-order valence-corrected chi connectivity index (χ2v) is 11.5. The van der Waals surface area contributed by atoms with Crippen LogP contribution in [0, 0.1) is 11.6 Å². The quantitative estimate of drug-likeness (QED) is 0.336. The van der Waals surface area contributed by atoms with Crippen LogP contribution < -0.4 is 0 Å². The molecule has 0 aliphatic heterocycles. The van der Waals surface area contributed by atoms with E-state index in [0.717, 1.165) is 50.1 Å². The van der Waals surface area contributed by atoms with Gasteiger partial charge in [-0.2, -0.15) is 0 Å². The molecule has 2 aromatic carbocycles. The fourth-order valence-corrected chi connectivity index (χ4v) is 6.60. The Morgan fingerprint density at radius 3 is 2.67 bits per heavy atom. The Balaban J connectivity index is 1.70. The number of aromatic nitrogens is 2. The van der Waals surface area contributed by atoms with Crippen LogP contribution in [0.5, 0.6) is 0 Å². The number of halogens is 2. The zero-order chi connectivity index (χ0) is 23.6. The first-order valence-electron chi connectivity index (χ1n) is 11.4. The molecule has 0 saturated heterocycles. The summed E-state index contributed by atoms with van der Waals surface area (Å²) in [5.74, 6) is -1.46. The number of rotatable bonds is 9. The molecule has 0 bridgehead atoms. The van der Waals surface area contributed by atoms with Crippen molar-refractivity contribution in [1.82, 2.24) is 13.9 Å². The predicted octanol–water partition coefficient (Wildman–Crippen LogP) is 6.14. The van der Waals surface area contributed by atoms with Crippen LogP contribution in [0.15, 0.2) is 46.5 Å². The SMILES string of the molecule is CCCCN(C)S(=O)(=O)c1ccc2c(c1)nc(SCc1cccc(F)c1F)n2C1CCCC1. The minimum atomic E-state index is -3.60. The molecule has 9 heteroatoms. The molecule has 1 aliphatic rings. The third kappa shape index (κ3) is 4.95. The summed E-state index contributed by atoms with van der Waals surface area (Å²) in [5, 5.41) is 0.703. The van der Waals surface area contributed by atoms with Crippen molar-refractivity contribution in [2.45, 2.75) is 67.3 Å². The average molecular weight is 494 g/mol. The Morgan fingerprint density at radius 2 is 1.94 bits per heavy atom. The smallest absolute Gasteiger partial charge is 0.242 e. The topological polar surface area (TPSA) is 55.2 Å². The molecule has 1 saturated carbocycles. The third-order valence-corrected chi connectivity index (χ3v) is 9.10. The summed E-state index contributed by atoms with van der Waals surface area (Å²) in [4.78, 5) is 4.97. The van der Waals surface area contributed by atoms with Gasteiger partial charge >= 0.3 is 0 Å². The van der Waals surface area contributed by atoms with Crippen LogP contribution in [0.3, 0.4) is 0 Å². The van der Waals surface area contributed by atoms with Crippen LogP contribution in [-0.2, 0) is 15.8 Å². The maximum Gasteiger partial charge on any atom is 0.242 e. The first-order chi connectivity index (χ1) is 15.8. The number of hydrogen-bond acceptors (Lipinski definition) is 4. The molecule has 0 N–H and O–H groups in total. The molecular formula is C24H29F2N3O2S2. The standard InChI is InChI=1S/C24H29F2N3O2S2/c1-3-4-14-28(2)33(30,31)19-12-13-22-21(15-19)27-24(29(22)18-9-5-6-10-18)32-16-17-8-7-11-20(25)23(17)26/h7-8,11-13,15,18H,3-6,9-10,14,16H2,1-2H3. The lowest BCUT2D eigenvalue weighted by Gasteiger charge is -2.18. The van der Waals surface area contributed by atoms with Gasteiger partial charge in [-0.15, -0.1) is 0 Å². The van der Waals surface area contributed by atoms with Crippen molar-refractivity contribution in [3.63, 3.8) is 0 Å². The van der Waals surface area contributed by atoms with E-state index in [0.29, 0.717) is 17.2 Å². The monoisotopic (exact) mass is 493 g/mol. The molecule has 5 nitrogen and oxygen atoms in total. The lowest BCUT2D eigenvalue weighted by atomic mass is 10.2. The molecule has 0 spiro atoms. The Morgan fingerprint density at radius 1 is 1.18 bits per heavy atom. The molecule has 33 heavy (non-hydrogen) atoms. The molecular weight excluding hydrogens is 464 g/mol. The molecule has 3 aromatic rings. The van der Waals surface area contributed by atoms with Crippen LogP contribution in [0.1, 0.15) is 57.1 Å². The van der Waals surface area contributed by atoms with Gasteiger partial charge < -0.3 is 4.57 Å². The van der Waals surface area contributed by atoms with Crippen molar-refractivity contribution < 1.29 is 17.2 Å². The van der Waals surface area contributed by atoms with E-state index in [4.69, 9.17) is 4.98 Å². The maximum absolute atomic E-state index is 14.2. The summed E-state index contributed by atoms with van der Waals surface area (Å²) in [7, 11) is -2.01. The van der Waals surface area contributed by atoms with Gasteiger partial charge in [-0.05, 0) is 43.5 Å². The number of hydrogen-bond donors (Lipinski definition) is 0. The first-order valence-corrected chi connectivity index (χ1v) is 13.8.